The molecule has 19 heavy (non-hydrogen) atoms. The van der Waals surface area contributed by atoms with Gasteiger partial charge in [-0.1, -0.05) is 33.8 Å². The minimum Gasteiger partial charge on any atom is -0.352 e. The van der Waals surface area contributed by atoms with Crippen LogP contribution in [0.3, 0.4) is 0 Å². The zero-order chi connectivity index (χ0) is 14.4. The van der Waals surface area contributed by atoms with Crippen LogP contribution in [0.2, 0.25) is 0 Å². The van der Waals surface area contributed by atoms with Gasteiger partial charge < -0.3 is 10.6 Å². The second-order valence-corrected chi connectivity index (χ2v) is 6.70. The molecule has 1 heterocycles. The number of hydrogen-bond donors (Lipinski definition) is 2. The lowest BCUT2D eigenvalue weighted by molar-refractivity contribution is -0.121. The van der Waals surface area contributed by atoms with Gasteiger partial charge in [-0.15, -0.1) is 11.3 Å². The summed E-state index contributed by atoms with van der Waals surface area (Å²) in [6.07, 6.45) is 0. The van der Waals surface area contributed by atoms with Gasteiger partial charge in [0.2, 0.25) is 5.91 Å². The third-order valence-corrected chi connectivity index (χ3v) is 4.34. The van der Waals surface area contributed by atoms with Crippen molar-refractivity contribution in [2.45, 2.75) is 46.7 Å². The largest absolute Gasteiger partial charge is 0.352 e. The van der Waals surface area contributed by atoms with E-state index in [9.17, 15) is 4.79 Å². The van der Waals surface area contributed by atoms with Gasteiger partial charge in [-0.25, -0.2) is 0 Å². The number of carbonyl (C=O) groups is 1. The van der Waals surface area contributed by atoms with Crippen molar-refractivity contribution >= 4 is 17.2 Å². The Morgan fingerprint density at radius 3 is 2.37 bits per heavy atom. The number of carbonyl (C=O) groups excluding carboxylic acids is 1. The van der Waals surface area contributed by atoms with Crippen LogP contribution in [0.5, 0.6) is 0 Å². The maximum absolute atomic E-state index is 11.9. The molecule has 0 aliphatic heterocycles. The van der Waals surface area contributed by atoms with E-state index in [-0.39, 0.29) is 18.0 Å². The van der Waals surface area contributed by atoms with Crippen molar-refractivity contribution in [2.24, 2.45) is 11.8 Å². The smallest absolute Gasteiger partial charge is 0.234 e. The first-order valence-electron chi connectivity index (χ1n) is 6.98. The third-order valence-electron chi connectivity index (χ3n) is 3.39. The molecule has 1 amide bonds. The Labute approximate surface area is 120 Å². The van der Waals surface area contributed by atoms with Crippen LogP contribution in [0.4, 0.5) is 0 Å². The molecule has 4 heteroatoms. The van der Waals surface area contributed by atoms with E-state index in [4.69, 9.17) is 0 Å². The number of nitrogens with one attached hydrogen (secondary N) is 2. The van der Waals surface area contributed by atoms with E-state index in [0.29, 0.717) is 18.4 Å². The Balaban J connectivity index is 2.47. The van der Waals surface area contributed by atoms with Gasteiger partial charge in [0.15, 0.2) is 0 Å². The molecule has 2 atom stereocenters. The van der Waals surface area contributed by atoms with Crippen molar-refractivity contribution in [3.05, 3.63) is 22.4 Å². The van der Waals surface area contributed by atoms with Gasteiger partial charge in [-0.05, 0) is 30.2 Å². The molecule has 0 aromatic carbocycles. The van der Waals surface area contributed by atoms with Gasteiger partial charge in [0.25, 0.3) is 0 Å². The lowest BCUT2D eigenvalue weighted by atomic mass is 10.0. The first kappa shape index (κ1) is 16.2. The van der Waals surface area contributed by atoms with E-state index in [2.05, 4.69) is 55.8 Å². The maximum atomic E-state index is 11.9. The monoisotopic (exact) mass is 282 g/mol. The predicted molar refractivity (Wildman–Crippen MR) is 82.3 cm³/mol. The highest BCUT2D eigenvalue weighted by Crippen LogP contribution is 2.25. The average Bonchev–Trinajstić information content (AvgIpc) is 2.82. The number of amides is 1. The van der Waals surface area contributed by atoms with Crippen LogP contribution in [0, 0.1) is 11.8 Å². The normalized spacial score (nSPS) is 14.7. The highest BCUT2D eigenvalue weighted by molar-refractivity contribution is 7.10. The highest BCUT2D eigenvalue weighted by Gasteiger charge is 2.18. The summed E-state index contributed by atoms with van der Waals surface area (Å²) < 4.78 is 0. The van der Waals surface area contributed by atoms with Gasteiger partial charge in [-0.3, -0.25) is 4.79 Å². The Kier molecular flexibility index (Phi) is 6.52. The van der Waals surface area contributed by atoms with Crippen molar-refractivity contribution < 1.29 is 4.79 Å². The molecule has 0 fully saturated rings. The molecule has 0 bridgehead atoms. The summed E-state index contributed by atoms with van der Waals surface area (Å²) in [5, 5.41) is 8.46. The van der Waals surface area contributed by atoms with Gasteiger partial charge >= 0.3 is 0 Å². The molecular formula is C15H26N2OS. The van der Waals surface area contributed by atoms with Crippen LogP contribution in [-0.2, 0) is 4.79 Å². The van der Waals surface area contributed by atoms with Gasteiger partial charge in [0.1, 0.15) is 0 Å². The molecule has 108 valence electrons. The molecule has 0 radical (unpaired) electrons. The van der Waals surface area contributed by atoms with Crippen LogP contribution < -0.4 is 10.6 Å². The molecule has 1 aromatic rings. The van der Waals surface area contributed by atoms with Crippen LogP contribution in [0.1, 0.15) is 45.5 Å². The van der Waals surface area contributed by atoms with E-state index in [1.807, 2.05) is 6.92 Å². The summed E-state index contributed by atoms with van der Waals surface area (Å²) >= 11 is 1.74. The Morgan fingerprint density at radius 1 is 1.21 bits per heavy atom. The van der Waals surface area contributed by atoms with Crippen LogP contribution >= 0.6 is 11.3 Å². The number of rotatable bonds is 7. The fourth-order valence-electron chi connectivity index (χ4n) is 1.81. The number of hydrogen-bond acceptors (Lipinski definition) is 3. The quantitative estimate of drug-likeness (QED) is 0.806. The summed E-state index contributed by atoms with van der Waals surface area (Å²) in [6.45, 7) is 11.0. The summed E-state index contributed by atoms with van der Waals surface area (Å²) in [7, 11) is 0. The molecule has 1 rings (SSSR count). The highest BCUT2D eigenvalue weighted by atomic mass is 32.1. The molecule has 0 spiro atoms. The third kappa shape index (κ3) is 5.33. The second-order valence-electron chi connectivity index (χ2n) is 5.72. The minimum absolute atomic E-state index is 0.0726. The second kappa shape index (κ2) is 7.65. The topological polar surface area (TPSA) is 41.1 Å². The molecule has 0 aliphatic rings. The first-order chi connectivity index (χ1) is 8.91. The zero-order valence-electron chi connectivity index (χ0n) is 12.6. The summed E-state index contributed by atoms with van der Waals surface area (Å²) in [6, 6.07) is 4.64. The molecule has 0 saturated heterocycles. The SMILES string of the molecule is CC(C)C(C)NC(=O)CNC(c1cccs1)C(C)C. The Hall–Kier alpha value is -0.870. The molecular weight excluding hydrogens is 256 g/mol. The van der Waals surface area contributed by atoms with Crippen molar-refractivity contribution in [2.75, 3.05) is 6.54 Å². The van der Waals surface area contributed by atoms with Gasteiger partial charge in [0.05, 0.1) is 6.54 Å². The van der Waals surface area contributed by atoms with E-state index in [1.54, 1.807) is 11.3 Å². The van der Waals surface area contributed by atoms with Gasteiger partial charge in [0, 0.05) is 17.0 Å². The van der Waals surface area contributed by atoms with Crippen molar-refractivity contribution in [1.82, 2.24) is 10.6 Å². The van der Waals surface area contributed by atoms with E-state index >= 15 is 0 Å². The lowest BCUT2D eigenvalue weighted by Crippen LogP contribution is -2.42. The Bertz CT molecular complexity index is 374. The summed E-state index contributed by atoms with van der Waals surface area (Å²) in [5.74, 6) is 1.000. The zero-order valence-corrected chi connectivity index (χ0v) is 13.4. The van der Waals surface area contributed by atoms with Crippen molar-refractivity contribution in [3.8, 4) is 0 Å². The van der Waals surface area contributed by atoms with Crippen LogP contribution in [0.25, 0.3) is 0 Å². The molecule has 0 aliphatic carbocycles. The molecule has 2 N–H and O–H groups in total. The van der Waals surface area contributed by atoms with Crippen molar-refractivity contribution in [3.63, 3.8) is 0 Å². The van der Waals surface area contributed by atoms with Crippen molar-refractivity contribution in [1.29, 1.82) is 0 Å². The first-order valence-corrected chi connectivity index (χ1v) is 7.86. The predicted octanol–water partition coefficient (Wildman–Crippen LogP) is 3.20. The molecule has 0 saturated carbocycles. The molecule has 2 unspecified atom stereocenters. The Morgan fingerprint density at radius 2 is 1.89 bits per heavy atom. The summed E-state index contributed by atoms with van der Waals surface area (Å²) in [5.41, 5.74) is 0. The molecule has 3 nitrogen and oxygen atoms in total. The fraction of sp³-hybridized carbons (Fsp3) is 0.667. The summed E-state index contributed by atoms with van der Waals surface area (Å²) in [4.78, 5) is 13.2. The minimum atomic E-state index is 0.0726. The van der Waals surface area contributed by atoms with E-state index < -0.39 is 0 Å². The number of thiophene rings is 1. The van der Waals surface area contributed by atoms with Gasteiger partial charge in [-0.2, -0.15) is 0 Å². The van der Waals surface area contributed by atoms with Crippen LogP contribution in [0.15, 0.2) is 17.5 Å². The molecule has 1 aromatic heterocycles. The average molecular weight is 282 g/mol. The lowest BCUT2D eigenvalue weighted by Gasteiger charge is -2.22. The fourth-order valence-corrected chi connectivity index (χ4v) is 2.78. The standard InChI is InChI=1S/C15H26N2OS/c1-10(2)12(5)17-14(18)9-16-15(11(3)4)13-7-6-8-19-13/h6-8,10-12,15-16H,9H2,1-5H3,(H,17,18). The maximum Gasteiger partial charge on any atom is 0.234 e. The van der Waals surface area contributed by atoms with E-state index in [1.165, 1.54) is 4.88 Å². The van der Waals surface area contributed by atoms with E-state index in [0.717, 1.165) is 0 Å². The van der Waals surface area contributed by atoms with Crippen LogP contribution in [-0.4, -0.2) is 18.5 Å².